The van der Waals surface area contributed by atoms with Crippen molar-refractivity contribution >= 4 is 11.3 Å². The van der Waals surface area contributed by atoms with Crippen LogP contribution in [0.5, 0.6) is 0 Å². The maximum absolute atomic E-state index is 6.28. The molecule has 18 heavy (non-hydrogen) atoms. The molecule has 4 heteroatoms. The summed E-state index contributed by atoms with van der Waals surface area (Å²) in [5.41, 5.74) is 7.19. The topological polar surface area (TPSA) is 42.2 Å². The Morgan fingerprint density at radius 2 is 1.72 bits per heavy atom. The van der Waals surface area contributed by atoms with Crippen molar-refractivity contribution in [1.82, 2.24) is 9.88 Å². The Morgan fingerprint density at radius 3 is 2.06 bits per heavy atom. The van der Waals surface area contributed by atoms with E-state index >= 15 is 0 Å². The van der Waals surface area contributed by atoms with Gasteiger partial charge in [0.05, 0.1) is 10.7 Å². The van der Waals surface area contributed by atoms with Gasteiger partial charge in [-0.2, -0.15) is 0 Å². The van der Waals surface area contributed by atoms with Crippen molar-refractivity contribution in [2.24, 2.45) is 5.73 Å². The highest BCUT2D eigenvalue weighted by molar-refractivity contribution is 7.11. The Labute approximate surface area is 115 Å². The molecule has 0 saturated carbocycles. The first-order valence-corrected chi connectivity index (χ1v) is 7.27. The molecule has 0 atom stereocenters. The van der Waals surface area contributed by atoms with Gasteiger partial charge in [0.1, 0.15) is 0 Å². The Balaban J connectivity index is 3.09. The van der Waals surface area contributed by atoms with E-state index in [0.29, 0.717) is 0 Å². The number of hydrogen-bond acceptors (Lipinski definition) is 4. The molecule has 0 unspecified atom stereocenters. The van der Waals surface area contributed by atoms with Crippen molar-refractivity contribution in [2.45, 2.75) is 52.0 Å². The van der Waals surface area contributed by atoms with Crippen molar-refractivity contribution in [3.05, 3.63) is 15.6 Å². The minimum atomic E-state index is -0.309. The third-order valence-corrected chi connectivity index (χ3v) is 4.19. The van der Waals surface area contributed by atoms with E-state index in [0.717, 1.165) is 18.7 Å². The van der Waals surface area contributed by atoms with Gasteiger partial charge in [-0.15, -0.1) is 11.3 Å². The van der Waals surface area contributed by atoms with Crippen LogP contribution in [-0.2, 0) is 17.4 Å². The first-order chi connectivity index (χ1) is 8.01. The van der Waals surface area contributed by atoms with Gasteiger partial charge in [-0.05, 0) is 27.9 Å². The van der Waals surface area contributed by atoms with Crippen molar-refractivity contribution in [1.29, 1.82) is 0 Å². The van der Waals surface area contributed by atoms with Crippen LogP contribution in [0, 0.1) is 0 Å². The smallest absolute Gasteiger partial charge is 0.0944 e. The molecule has 0 radical (unpaired) electrons. The number of thiazole rings is 1. The summed E-state index contributed by atoms with van der Waals surface area (Å²) in [6, 6.07) is 0. The number of nitrogens with zero attached hydrogens (tertiary/aromatic N) is 2. The third-order valence-electron chi connectivity index (χ3n) is 2.74. The molecule has 1 aromatic rings. The zero-order valence-electron chi connectivity index (χ0n) is 12.8. The van der Waals surface area contributed by atoms with Crippen molar-refractivity contribution in [3.63, 3.8) is 0 Å². The Bertz CT molecular complexity index is 363. The maximum Gasteiger partial charge on any atom is 0.0944 e. The summed E-state index contributed by atoms with van der Waals surface area (Å²) in [7, 11) is 4.18. The molecule has 0 amide bonds. The molecule has 0 bridgehead atoms. The van der Waals surface area contributed by atoms with Crippen LogP contribution in [0.25, 0.3) is 0 Å². The standard InChI is InChI=1S/C14H27N3S/c1-13(2,3)11-12(14(4,5)15)18-10(16-11)8-9-17(6)7/h8-9,15H2,1-7H3. The summed E-state index contributed by atoms with van der Waals surface area (Å²) in [6.07, 6.45) is 0.997. The molecule has 0 spiro atoms. The zero-order valence-corrected chi connectivity index (χ0v) is 13.6. The fraction of sp³-hybridized carbons (Fsp3) is 0.786. The van der Waals surface area contributed by atoms with Crippen LogP contribution in [0.1, 0.15) is 50.2 Å². The lowest BCUT2D eigenvalue weighted by Crippen LogP contribution is -2.31. The molecule has 0 aromatic carbocycles. The first-order valence-electron chi connectivity index (χ1n) is 6.46. The number of likely N-dealkylation sites (N-methyl/N-ethyl adjacent to an activating group) is 1. The van der Waals surface area contributed by atoms with Gasteiger partial charge in [-0.25, -0.2) is 4.98 Å². The predicted octanol–water partition coefficient (Wildman–Crippen LogP) is 2.74. The molecular formula is C14H27N3S. The fourth-order valence-corrected chi connectivity index (χ4v) is 3.01. The molecule has 0 aliphatic rings. The quantitative estimate of drug-likeness (QED) is 0.914. The molecule has 104 valence electrons. The van der Waals surface area contributed by atoms with E-state index in [9.17, 15) is 0 Å². The van der Waals surface area contributed by atoms with Gasteiger partial charge in [0.25, 0.3) is 0 Å². The molecule has 0 aliphatic carbocycles. The number of rotatable bonds is 4. The van der Waals surface area contributed by atoms with E-state index in [1.54, 1.807) is 11.3 Å². The number of aromatic nitrogens is 1. The van der Waals surface area contributed by atoms with Crippen molar-refractivity contribution < 1.29 is 0 Å². The molecular weight excluding hydrogens is 242 g/mol. The van der Waals surface area contributed by atoms with Gasteiger partial charge in [0.15, 0.2) is 0 Å². The van der Waals surface area contributed by atoms with E-state index in [1.165, 1.54) is 9.88 Å². The Morgan fingerprint density at radius 1 is 1.17 bits per heavy atom. The van der Waals surface area contributed by atoms with Gasteiger partial charge in [-0.3, -0.25) is 0 Å². The SMILES string of the molecule is CN(C)CCc1nc(C(C)(C)C)c(C(C)(C)N)s1. The normalized spacial score (nSPS) is 13.4. The minimum Gasteiger partial charge on any atom is -0.321 e. The summed E-state index contributed by atoms with van der Waals surface area (Å²) in [5, 5.41) is 1.20. The van der Waals surface area contributed by atoms with Crippen LogP contribution in [0.15, 0.2) is 0 Å². The summed E-state index contributed by atoms with van der Waals surface area (Å²) in [5.74, 6) is 0. The average Bonchev–Trinajstić information content (AvgIpc) is 2.56. The molecule has 1 aromatic heterocycles. The van der Waals surface area contributed by atoms with Gasteiger partial charge >= 0.3 is 0 Å². The molecule has 0 fully saturated rings. The highest BCUT2D eigenvalue weighted by Crippen LogP contribution is 2.35. The summed E-state index contributed by atoms with van der Waals surface area (Å²) in [6.45, 7) is 11.8. The van der Waals surface area contributed by atoms with E-state index in [2.05, 4.69) is 53.6 Å². The van der Waals surface area contributed by atoms with Gasteiger partial charge in [0.2, 0.25) is 0 Å². The van der Waals surface area contributed by atoms with Crippen LogP contribution in [0.4, 0.5) is 0 Å². The third kappa shape index (κ3) is 4.04. The van der Waals surface area contributed by atoms with Crippen LogP contribution in [0.2, 0.25) is 0 Å². The number of nitrogens with two attached hydrogens (primary N) is 1. The zero-order chi connectivity index (χ0) is 14.1. The van der Waals surface area contributed by atoms with Crippen molar-refractivity contribution in [3.8, 4) is 0 Å². The Hall–Kier alpha value is -0.450. The second-order valence-electron chi connectivity index (χ2n) is 6.81. The van der Waals surface area contributed by atoms with Crippen LogP contribution in [-0.4, -0.2) is 30.5 Å². The molecule has 0 aliphatic heterocycles. The molecule has 1 heterocycles. The first kappa shape index (κ1) is 15.6. The lowest BCUT2D eigenvalue weighted by Gasteiger charge is -2.24. The van der Waals surface area contributed by atoms with E-state index < -0.39 is 0 Å². The van der Waals surface area contributed by atoms with Gasteiger partial charge in [0, 0.05) is 28.8 Å². The van der Waals surface area contributed by atoms with E-state index in [4.69, 9.17) is 10.7 Å². The van der Waals surface area contributed by atoms with E-state index in [-0.39, 0.29) is 11.0 Å². The minimum absolute atomic E-state index is 0.0544. The molecule has 1 rings (SSSR count). The lowest BCUT2D eigenvalue weighted by atomic mass is 9.87. The Kier molecular flexibility index (Phi) is 4.57. The predicted molar refractivity (Wildman–Crippen MR) is 80.3 cm³/mol. The molecule has 2 N–H and O–H groups in total. The van der Waals surface area contributed by atoms with Gasteiger partial charge < -0.3 is 10.6 Å². The highest BCUT2D eigenvalue weighted by atomic mass is 32.1. The van der Waals surface area contributed by atoms with Crippen molar-refractivity contribution in [2.75, 3.05) is 20.6 Å². The van der Waals surface area contributed by atoms with Crippen LogP contribution in [0.3, 0.4) is 0 Å². The second kappa shape index (κ2) is 5.27. The van der Waals surface area contributed by atoms with Crippen LogP contribution >= 0.6 is 11.3 Å². The van der Waals surface area contributed by atoms with E-state index in [1.807, 2.05) is 0 Å². The molecule has 0 saturated heterocycles. The number of hydrogen-bond donors (Lipinski definition) is 1. The van der Waals surface area contributed by atoms with Crippen LogP contribution < -0.4 is 5.73 Å². The molecule has 3 nitrogen and oxygen atoms in total. The largest absolute Gasteiger partial charge is 0.321 e. The highest BCUT2D eigenvalue weighted by Gasteiger charge is 2.29. The monoisotopic (exact) mass is 269 g/mol. The summed E-state index contributed by atoms with van der Waals surface area (Å²) >= 11 is 1.77. The average molecular weight is 269 g/mol. The summed E-state index contributed by atoms with van der Waals surface area (Å²) in [4.78, 5) is 8.24. The lowest BCUT2D eigenvalue weighted by molar-refractivity contribution is 0.413. The second-order valence-corrected chi connectivity index (χ2v) is 7.89. The maximum atomic E-state index is 6.28. The van der Waals surface area contributed by atoms with Gasteiger partial charge in [-0.1, -0.05) is 20.8 Å². The summed E-state index contributed by atoms with van der Waals surface area (Å²) < 4.78 is 0. The fourth-order valence-electron chi connectivity index (χ4n) is 1.74.